The number of hydrogen-bond acceptors (Lipinski definition) is 3. The van der Waals surface area contributed by atoms with Gasteiger partial charge in [0.05, 0.1) is 18.0 Å². The summed E-state index contributed by atoms with van der Waals surface area (Å²) in [5.41, 5.74) is 0.415. The highest BCUT2D eigenvalue weighted by molar-refractivity contribution is 7.12. The second-order valence-corrected chi connectivity index (χ2v) is 8.08. The van der Waals surface area contributed by atoms with Crippen LogP contribution in [0.1, 0.15) is 34.9 Å². The molecule has 2 aromatic heterocycles. The van der Waals surface area contributed by atoms with E-state index in [1.807, 2.05) is 22.1 Å². The predicted molar refractivity (Wildman–Crippen MR) is 107 cm³/mol. The lowest BCUT2D eigenvalue weighted by Crippen LogP contribution is -2.34. The summed E-state index contributed by atoms with van der Waals surface area (Å²) in [6, 6.07) is 8.34. The Morgan fingerprint density at radius 3 is 2.81 bits per heavy atom. The Morgan fingerprint density at radius 1 is 1.33 bits per heavy atom. The molecule has 0 atom stereocenters. The van der Waals surface area contributed by atoms with E-state index in [0.717, 1.165) is 0 Å². The van der Waals surface area contributed by atoms with Gasteiger partial charge in [-0.05, 0) is 29.5 Å². The van der Waals surface area contributed by atoms with Crippen LogP contribution >= 0.6 is 22.9 Å². The van der Waals surface area contributed by atoms with E-state index in [2.05, 4.69) is 18.8 Å². The second kappa shape index (κ2) is 8.67. The average molecular weight is 406 g/mol. The molecule has 0 bridgehead atoms. The largest absolute Gasteiger partial charge is 0.330 e. The molecule has 0 spiro atoms. The van der Waals surface area contributed by atoms with Gasteiger partial charge in [-0.1, -0.05) is 37.6 Å². The van der Waals surface area contributed by atoms with Crippen molar-refractivity contribution in [3.05, 3.63) is 75.2 Å². The molecule has 142 valence electrons. The molecule has 0 saturated carbocycles. The highest BCUT2D eigenvalue weighted by Gasteiger charge is 2.20. The number of amides is 1. The summed E-state index contributed by atoms with van der Waals surface area (Å²) in [6.45, 7) is 5.38. The lowest BCUT2D eigenvalue weighted by Gasteiger charge is -2.24. The van der Waals surface area contributed by atoms with E-state index in [9.17, 15) is 9.18 Å². The van der Waals surface area contributed by atoms with Gasteiger partial charge in [0, 0.05) is 29.5 Å². The summed E-state index contributed by atoms with van der Waals surface area (Å²) >= 11 is 7.58. The monoisotopic (exact) mass is 405 g/mol. The molecule has 27 heavy (non-hydrogen) atoms. The van der Waals surface area contributed by atoms with Crippen LogP contribution in [0.5, 0.6) is 0 Å². The van der Waals surface area contributed by atoms with Crippen LogP contribution in [0, 0.1) is 11.7 Å². The Labute approximate surface area is 167 Å². The van der Waals surface area contributed by atoms with Crippen molar-refractivity contribution < 1.29 is 9.18 Å². The van der Waals surface area contributed by atoms with Gasteiger partial charge in [-0.3, -0.25) is 4.79 Å². The van der Waals surface area contributed by atoms with Crippen LogP contribution in [-0.4, -0.2) is 26.9 Å². The first-order valence-electron chi connectivity index (χ1n) is 8.71. The van der Waals surface area contributed by atoms with Crippen LogP contribution in [0.3, 0.4) is 0 Å². The molecule has 0 fully saturated rings. The van der Waals surface area contributed by atoms with Gasteiger partial charge in [0.15, 0.2) is 0 Å². The van der Waals surface area contributed by atoms with E-state index in [0.29, 0.717) is 40.3 Å². The highest BCUT2D eigenvalue weighted by atomic mass is 35.5. The van der Waals surface area contributed by atoms with Gasteiger partial charge < -0.3 is 9.47 Å². The van der Waals surface area contributed by atoms with E-state index < -0.39 is 0 Å². The molecule has 0 radical (unpaired) electrons. The van der Waals surface area contributed by atoms with Gasteiger partial charge in [-0.2, -0.15) is 0 Å². The van der Waals surface area contributed by atoms with Crippen LogP contribution in [0.25, 0.3) is 0 Å². The minimum atomic E-state index is -0.351. The molecule has 2 heterocycles. The molecule has 7 heteroatoms. The van der Waals surface area contributed by atoms with Crippen LogP contribution in [-0.2, 0) is 13.1 Å². The van der Waals surface area contributed by atoms with Crippen LogP contribution < -0.4 is 0 Å². The molecule has 0 aliphatic rings. The Morgan fingerprint density at radius 2 is 2.15 bits per heavy atom. The molecule has 0 saturated heterocycles. The van der Waals surface area contributed by atoms with Crippen molar-refractivity contribution in [3.63, 3.8) is 0 Å². The minimum absolute atomic E-state index is 0.0165. The number of halogens is 2. The topological polar surface area (TPSA) is 38.1 Å². The Hall–Kier alpha value is -2.18. The van der Waals surface area contributed by atoms with E-state index in [1.54, 1.807) is 29.4 Å². The van der Waals surface area contributed by atoms with Crippen LogP contribution in [0.2, 0.25) is 5.02 Å². The summed E-state index contributed by atoms with van der Waals surface area (Å²) in [4.78, 5) is 19.7. The van der Waals surface area contributed by atoms with Gasteiger partial charge in [-0.25, -0.2) is 9.37 Å². The molecule has 0 unspecified atom stereocenters. The maximum Gasteiger partial charge on any atom is 0.264 e. The number of thiophene rings is 1. The number of carbonyl (C=O) groups excluding carboxylic acids is 1. The molecular weight excluding hydrogens is 385 g/mol. The minimum Gasteiger partial charge on any atom is -0.330 e. The van der Waals surface area contributed by atoms with Crippen molar-refractivity contribution >= 4 is 28.8 Å². The fraction of sp³-hybridized carbons (Fsp3) is 0.300. The first-order chi connectivity index (χ1) is 13.0. The van der Waals surface area contributed by atoms with E-state index >= 15 is 0 Å². The summed E-state index contributed by atoms with van der Waals surface area (Å²) in [5, 5.41) is 2.27. The fourth-order valence-electron chi connectivity index (χ4n) is 2.88. The zero-order valence-electron chi connectivity index (χ0n) is 15.2. The highest BCUT2D eigenvalue weighted by Crippen LogP contribution is 2.21. The maximum atomic E-state index is 14.1. The van der Waals surface area contributed by atoms with Crippen molar-refractivity contribution in [3.8, 4) is 0 Å². The number of rotatable bonds is 7. The summed E-state index contributed by atoms with van der Waals surface area (Å²) in [6.07, 6.45) is 3.44. The lowest BCUT2D eigenvalue weighted by atomic mass is 10.2. The number of carbonyl (C=O) groups is 1. The predicted octanol–water partition coefficient (Wildman–Crippen LogP) is 5.08. The molecule has 3 aromatic rings. The van der Waals surface area contributed by atoms with Crippen LogP contribution in [0.15, 0.2) is 48.1 Å². The molecule has 0 N–H and O–H groups in total. The first-order valence-corrected chi connectivity index (χ1v) is 9.97. The number of imidazole rings is 1. The summed E-state index contributed by atoms with van der Waals surface area (Å²) in [7, 11) is 0. The maximum absolute atomic E-state index is 14.1. The Bertz CT molecular complexity index is 888. The van der Waals surface area contributed by atoms with Crippen molar-refractivity contribution in [2.24, 2.45) is 5.92 Å². The SMILES string of the molecule is CC(C)CN(Cc1nccn1Cc1c(F)cccc1Cl)C(=O)c1cccs1. The fourth-order valence-corrected chi connectivity index (χ4v) is 3.79. The van der Waals surface area contributed by atoms with Gasteiger partial charge >= 0.3 is 0 Å². The van der Waals surface area contributed by atoms with Gasteiger partial charge in [0.1, 0.15) is 11.6 Å². The van der Waals surface area contributed by atoms with Gasteiger partial charge in [0.2, 0.25) is 0 Å². The van der Waals surface area contributed by atoms with E-state index in [1.165, 1.54) is 17.4 Å². The average Bonchev–Trinajstić information content (AvgIpc) is 3.29. The molecule has 3 rings (SSSR count). The van der Waals surface area contributed by atoms with Crippen molar-refractivity contribution in [1.82, 2.24) is 14.5 Å². The number of aromatic nitrogens is 2. The summed E-state index contributed by atoms with van der Waals surface area (Å²) < 4.78 is 16.0. The van der Waals surface area contributed by atoms with Crippen molar-refractivity contribution in [2.45, 2.75) is 26.9 Å². The zero-order chi connectivity index (χ0) is 19.4. The molecular formula is C20H21ClFN3OS. The van der Waals surface area contributed by atoms with E-state index in [-0.39, 0.29) is 18.3 Å². The number of benzene rings is 1. The van der Waals surface area contributed by atoms with Crippen molar-refractivity contribution in [1.29, 1.82) is 0 Å². The second-order valence-electron chi connectivity index (χ2n) is 6.73. The molecule has 0 aliphatic heterocycles. The summed E-state index contributed by atoms with van der Waals surface area (Å²) in [5.74, 6) is 0.645. The Balaban J connectivity index is 1.83. The lowest BCUT2D eigenvalue weighted by molar-refractivity contribution is 0.0721. The first kappa shape index (κ1) is 19.6. The zero-order valence-corrected chi connectivity index (χ0v) is 16.8. The van der Waals surface area contributed by atoms with Crippen molar-refractivity contribution in [2.75, 3.05) is 6.54 Å². The number of hydrogen-bond donors (Lipinski definition) is 0. The molecule has 0 aliphatic carbocycles. The normalized spacial score (nSPS) is 11.1. The molecule has 1 aromatic carbocycles. The third-order valence-electron chi connectivity index (χ3n) is 4.13. The quantitative estimate of drug-likeness (QED) is 0.549. The Kier molecular flexibility index (Phi) is 6.29. The third-order valence-corrected chi connectivity index (χ3v) is 5.34. The molecule has 1 amide bonds. The molecule has 4 nitrogen and oxygen atoms in total. The van der Waals surface area contributed by atoms with Gasteiger partial charge in [-0.15, -0.1) is 11.3 Å². The third kappa shape index (κ3) is 4.76. The van der Waals surface area contributed by atoms with Gasteiger partial charge in [0.25, 0.3) is 5.91 Å². The number of nitrogens with zero attached hydrogens (tertiary/aromatic N) is 3. The standard InChI is InChI=1S/C20H21ClFN3OS/c1-14(2)11-25(20(26)18-7-4-10-27-18)13-19-23-8-9-24(19)12-15-16(21)5-3-6-17(15)22/h3-10,14H,11-13H2,1-2H3. The van der Waals surface area contributed by atoms with Crippen LogP contribution in [0.4, 0.5) is 4.39 Å². The van der Waals surface area contributed by atoms with E-state index in [4.69, 9.17) is 11.6 Å². The smallest absolute Gasteiger partial charge is 0.264 e.